The molecule has 0 radical (unpaired) electrons. The van der Waals surface area contributed by atoms with Gasteiger partial charge in [0.15, 0.2) is 0 Å². The Hall–Kier alpha value is -0.770. The van der Waals surface area contributed by atoms with Crippen LogP contribution in [0.2, 0.25) is 0 Å². The van der Waals surface area contributed by atoms with E-state index < -0.39 is 0 Å². The summed E-state index contributed by atoms with van der Waals surface area (Å²) in [5, 5.41) is 0. The van der Waals surface area contributed by atoms with Crippen molar-refractivity contribution >= 4 is 6.03 Å². The van der Waals surface area contributed by atoms with E-state index in [9.17, 15) is 4.79 Å². The Morgan fingerprint density at radius 3 is 2.92 bits per heavy atom. The second-order valence-corrected chi connectivity index (χ2v) is 3.52. The minimum Gasteiger partial charge on any atom is -0.328 e. The maximum absolute atomic E-state index is 11.7. The van der Waals surface area contributed by atoms with Crippen LogP contribution in [0.25, 0.3) is 0 Å². The molecule has 0 spiro atoms. The van der Waals surface area contributed by atoms with Gasteiger partial charge in [-0.3, -0.25) is 0 Å². The normalized spacial score (nSPS) is 22.1. The number of carbonyl (C=O) groups excluding carboxylic acids is 1. The van der Waals surface area contributed by atoms with Gasteiger partial charge >= 0.3 is 6.03 Å². The quantitative estimate of drug-likeness (QED) is 0.680. The van der Waals surface area contributed by atoms with Gasteiger partial charge in [0.05, 0.1) is 0 Å². The molecule has 4 heteroatoms. The van der Waals surface area contributed by atoms with E-state index in [4.69, 9.17) is 5.73 Å². The lowest BCUT2D eigenvalue weighted by Gasteiger charge is -2.28. The van der Waals surface area contributed by atoms with Crippen LogP contribution in [0.5, 0.6) is 0 Å². The van der Waals surface area contributed by atoms with Gasteiger partial charge in [0.1, 0.15) is 0 Å². The first-order valence-corrected chi connectivity index (χ1v) is 4.92. The zero-order valence-electron chi connectivity index (χ0n) is 8.49. The fraction of sp³-hybridized carbons (Fsp3) is 0.889. The van der Waals surface area contributed by atoms with E-state index >= 15 is 0 Å². The smallest absolute Gasteiger partial charge is 0.320 e. The first kappa shape index (κ1) is 10.3. The van der Waals surface area contributed by atoms with Crippen LogP contribution in [-0.4, -0.2) is 48.6 Å². The number of nitrogens with two attached hydrogens (primary N) is 1. The minimum atomic E-state index is 0.121. The van der Waals surface area contributed by atoms with Crippen LogP contribution in [0.1, 0.15) is 19.8 Å². The third-order valence-corrected chi connectivity index (χ3v) is 2.70. The standard InChI is InChI=1S/C9H19N3O/c1-3-11(2)9(13)12-6-4-5-8(12)7-10/h8H,3-7,10H2,1-2H3. The van der Waals surface area contributed by atoms with E-state index in [2.05, 4.69) is 0 Å². The summed E-state index contributed by atoms with van der Waals surface area (Å²) in [6.07, 6.45) is 2.14. The monoisotopic (exact) mass is 185 g/mol. The molecule has 2 amide bonds. The molecule has 0 aromatic rings. The molecule has 1 saturated heterocycles. The summed E-state index contributed by atoms with van der Waals surface area (Å²) in [5.74, 6) is 0. The SMILES string of the molecule is CCN(C)C(=O)N1CCCC1CN. The second-order valence-electron chi connectivity index (χ2n) is 3.52. The summed E-state index contributed by atoms with van der Waals surface area (Å²) < 4.78 is 0. The zero-order chi connectivity index (χ0) is 9.84. The van der Waals surface area contributed by atoms with Crippen molar-refractivity contribution in [2.75, 3.05) is 26.7 Å². The lowest BCUT2D eigenvalue weighted by atomic mass is 10.2. The molecule has 0 bridgehead atoms. The fourth-order valence-electron chi connectivity index (χ4n) is 1.69. The lowest BCUT2D eigenvalue weighted by molar-refractivity contribution is 0.161. The predicted molar refractivity (Wildman–Crippen MR) is 52.5 cm³/mol. The Bertz CT molecular complexity index is 184. The Labute approximate surface area is 79.7 Å². The molecule has 76 valence electrons. The molecule has 0 aromatic carbocycles. The van der Waals surface area contributed by atoms with Crippen molar-refractivity contribution in [3.63, 3.8) is 0 Å². The first-order valence-electron chi connectivity index (χ1n) is 4.92. The van der Waals surface area contributed by atoms with Gasteiger partial charge in [-0.2, -0.15) is 0 Å². The van der Waals surface area contributed by atoms with Crippen LogP contribution in [0.3, 0.4) is 0 Å². The maximum Gasteiger partial charge on any atom is 0.320 e. The Morgan fingerprint density at radius 2 is 2.38 bits per heavy atom. The number of amides is 2. The molecule has 1 unspecified atom stereocenters. The number of nitrogens with zero attached hydrogens (tertiary/aromatic N) is 2. The third-order valence-electron chi connectivity index (χ3n) is 2.70. The van der Waals surface area contributed by atoms with E-state index in [1.165, 1.54) is 0 Å². The molecule has 1 heterocycles. The molecule has 1 aliphatic heterocycles. The fourth-order valence-corrected chi connectivity index (χ4v) is 1.69. The van der Waals surface area contributed by atoms with Gasteiger partial charge in [-0.15, -0.1) is 0 Å². The molecule has 0 saturated carbocycles. The molecule has 4 nitrogen and oxygen atoms in total. The number of hydrogen-bond donors (Lipinski definition) is 1. The van der Waals surface area contributed by atoms with Gasteiger partial charge < -0.3 is 15.5 Å². The summed E-state index contributed by atoms with van der Waals surface area (Å²) in [6, 6.07) is 0.386. The largest absolute Gasteiger partial charge is 0.328 e. The molecular weight excluding hydrogens is 166 g/mol. The molecule has 1 rings (SSSR count). The molecule has 2 N–H and O–H groups in total. The van der Waals surface area contributed by atoms with Gasteiger partial charge in [-0.1, -0.05) is 0 Å². The van der Waals surface area contributed by atoms with Gasteiger partial charge in [0, 0.05) is 32.7 Å². The molecule has 1 aliphatic rings. The highest BCUT2D eigenvalue weighted by Gasteiger charge is 2.28. The number of likely N-dealkylation sites (tertiary alicyclic amines) is 1. The Kier molecular flexibility index (Phi) is 3.54. The van der Waals surface area contributed by atoms with Crippen molar-refractivity contribution in [2.24, 2.45) is 5.73 Å². The van der Waals surface area contributed by atoms with E-state index in [1.54, 1.807) is 4.90 Å². The third kappa shape index (κ3) is 2.12. The topological polar surface area (TPSA) is 49.6 Å². The molecule has 0 aromatic heterocycles. The number of urea groups is 1. The van der Waals surface area contributed by atoms with Crippen molar-refractivity contribution in [1.29, 1.82) is 0 Å². The number of carbonyl (C=O) groups is 1. The number of hydrogen-bond acceptors (Lipinski definition) is 2. The zero-order valence-corrected chi connectivity index (χ0v) is 8.49. The number of rotatable bonds is 2. The molecular formula is C9H19N3O. The molecule has 13 heavy (non-hydrogen) atoms. The van der Waals surface area contributed by atoms with Gasteiger partial charge in [0.2, 0.25) is 0 Å². The van der Waals surface area contributed by atoms with E-state index in [1.807, 2.05) is 18.9 Å². The van der Waals surface area contributed by atoms with Crippen molar-refractivity contribution < 1.29 is 4.79 Å². The van der Waals surface area contributed by atoms with Crippen molar-refractivity contribution in [2.45, 2.75) is 25.8 Å². The molecule has 0 aliphatic carbocycles. The highest BCUT2D eigenvalue weighted by molar-refractivity contribution is 5.74. The highest BCUT2D eigenvalue weighted by atomic mass is 16.2. The summed E-state index contributed by atoms with van der Waals surface area (Å²) in [5.41, 5.74) is 5.59. The average molecular weight is 185 g/mol. The summed E-state index contributed by atoms with van der Waals surface area (Å²) in [4.78, 5) is 15.4. The summed E-state index contributed by atoms with van der Waals surface area (Å²) in [7, 11) is 1.83. The van der Waals surface area contributed by atoms with Crippen molar-refractivity contribution in [3.05, 3.63) is 0 Å². The Morgan fingerprint density at radius 1 is 1.69 bits per heavy atom. The summed E-state index contributed by atoms with van der Waals surface area (Å²) in [6.45, 7) is 4.19. The van der Waals surface area contributed by atoms with Gasteiger partial charge in [-0.25, -0.2) is 4.79 Å². The van der Waals surface area contributed by atoms with Crippen LogP contribution in [0, 0.1) is 0 Å². The molecule has 1 atom stereocenters. The predicted octanol–water partition coefficient (Wildman–Crippen LogP) is 0.481. The summed E-state index contributed by atoms with van der Waals surface area (Å²) >= 11 is 0. The van der Waals surface area contributed by atoms with Crippen LogP contribution in [0.4, 0.5) is 4.79 Å². The van der Waals surface area contributed by atoms with E-state index in [0.29, 0.717) is 6.54 Å². The maximum atomic E-state index is 11.7. The molecule has 1 fully saturated rings. The van der Waals surface area contributed by atoms with Crippen LogP contribution in [-0.2, 0) is 0 Å². The van der Waals surface area contributed by atoms with Crippen molar-refractivity contribution in [1.82, 2.24) is 9.80 Å². The lowest BCUT2D eigenvalue weighted by Crippen LogP contribution is -2.46. The van der Waals surface area contributed by atoms with Gasteiger partial charge in [-0.05, 0) is 19.8 Å². The van der Waals surface area contributed by atoms with Gasteiger partial charge in [0.25, 0.3) is 0 Å². The van der Waals surface area contributed by atoms with Crippen LogP contribution < -0.4 is 5.73 Å². The van der Waals surface area contributed by atoms with E-state index in [-0.39, 0.29) is 12.1 Å². The van der Waals surface area contributed by atoms with E-state index in [0.717, 1.165) is 25.9 Å². The minimum absolute atomic E-state index is 0.121. The average Bonchev–Trinajstić information content (AvgIpc) is 2.62. The first-order chi connectivity index (χ1) is 6.20. The van der Waals surface area contributed by atoms with Crippen LogP contribution in [0.15, 0.2) is 0 Å². The van der Waals surface area contributed by atoms with Crippen molar-refractivity contribution in [3.8, 4) is 0 Å². The second kappa shape index (κ2) is 4.46. The Balaban J connectivity index is 2.54. The van der Waals surface area contributed by atoms with Crippen LogP contribution >= 0.6 is 0 Å². The highest BCUT2D eigenvalue weighted by Crippen LogP contribution is 2.17.